The van der Waals surface area contributed by atoms with Gasteiger partial charge in [-0.3, -0.25) is 19.4 Å². The summed E-state index contributed by atoms with van der Waals surface area (Å²) in [7, 11) is 0. The first-order valence-electron chi connectivity index (χ1n) is 11.6. The Hall–Kier alpha value is -2.77. The van der Waals surface area contributed by atoms with E-state index in [2.05, 4.69) is 47.9 Å². The molecule has 0 aliphatic carbocycles. The number of unbranched alkanes of at least 4 members (excludes halogenated alkanes) is 1. The van der Waals surface area contributed by atoms with Crippen molar-refractivity contribution in [2.75, 3.05) is 44.4 Å². The molecule has 4 rings (SSSR count). The molecule has 0 spiro atoms. The molecule has 33 heavy (non-hydrogen) atoms. The quantitative estimate of drug-likeness (QED) is 0.404. The van der Waals surface area contributed by atoms with Gasteiger partial charge in [-0.2, -0.15) is 0 Å². The van der Waals surface area contributed by atoms with Gasteiger partial charge in [-0.15, -0.1) is 0 Å². The van der Waals surface area contributed by atoms with E-state index in [1.54, 1.807) is 6.08 Å². The van der Waals surface area contributed by atoms with Crippen molar-refractivity contribution in [1.82, 2.24) is 9.80 Å². The number of amides is 2. The first-order chi connectivity index (χ1) is 16.0. The number of piperazine rings is 1. The predicted octanol–water partition coefficient (Wildman–Crippen LogP) is 4.99. The van der Waals surface area contributed by atoms with Crippen molar-refractivity contribution < 1.29 is 14.3 Å². The lowest BCUT2D eigenvalue weighted by Gasteiger charge is -2.37. The maximum atomic E-state index is 12.9. The Morgan fingerprint density at radius 1 is 1.00 bits per heavy atom. The largest absolute Gasteiger partial charge is 0.494 e. The summed E-state index contributed by atoms with van der Waals surface area (Å²) in [5.74, 6) is 0.605. The summed E-state index contributed by atoms with van der Waals surface area (Å²) in [6.07, 6.45) is 3.91. The number of rotatable bonds is 8. The molecule has 0 saturated carbocycles. The first-order valence-corrected chi connectivity index (χ1v) is 12.4. The highest BCUT2D eigenvalue weighted by Crippen LogP contribution is 2.33. The molecule has 0 N–H and O–H groups in total. The molecule has 7 heteroatoms. The van der Waals surface area contributed by atoms with Gasteiger partial charge >= 0.3 is 0 Å². The van der Waals surface area contributed by atoms with Gasteiger partial charge in [-0.25, -0.2) is 0 Å². The van der Waals surface area contributed by atoms with E-state index in [0.717, 1.165) is 62.1 Å². The number of thioether (sulfide) groups is 1. The number of hydrogen-bond acceptors (Lipinski definition) is 6. The fourth-order valence-electron chi connectivity index (χ4n) is 4.02. The van der Waals surface area contributed by atoms with Crippen molar-refractivity contribution >= 4 is 34.7 Å². The minimum Gasteiger partial charge on any atom is -0.494 e. The van der Waals surface area contributed by atoms with E-state index < -0.39 is 0 Å². The molecule has 0 atom stereocenters. The molecule has 2 fully saturated rings. The zero-order valence-corrected chi connectivity index (χ0v) is 20.1. The van der Waals surface area contributed by atoms with Crippen LogP contribution in [0.1, 0.15) is 30.9 Å². The monoisotopic (exact) mass is 465 g/mol. The lowest BCUT2D eigenvalue weighted by atomic mass is 10.1. The number of imide groups is 1. The Morgan fingerprint density at radius 2 is 1.73 bits per heavy atom. The van der Waals surface area contributed by atoms with Crippen LogP contribution in [0.3, 0.4) is 0 Å². The number of carbonyl (C=O) groups is 2. The van der Waals surface area contributed by atoms with Gasteiger partial charge < -0.3 is 9.64 Å². The number of benzene rings is 2. The number of anilines is 1. The topological polar surface area (TPSA) is 53.1 Å². The second-order valence-electron chi connectivity index (χ2n) is 8.41. The summed E-state index contributed by atoms with van der Waals surface area (Å²) >= 11 is 1.02. The molecule has 6 nitrogen and oxygen atoms in total. The zero-order chi connectivity index (χ0) is 23.2. The Kier molecular flexibility index (Phi) is 7.73. The molecule has 2 heterocycles. The smallest absolute Gasteiger partial charge is 0.294 e. The van der Waals surface area contributed by atoms with Crippen LogP contribution in [0.5, 0.6) is 5.75 Å². The van der Waals surface area contributed by atoms with Crippen LogP contribution >= 0.6 is 11.8 Å². The maximum Gasteiger partial charge on any atom is 0.294 e. The highest BCUT2D eigenvalue weighted by atomic mass is 32.2. The Bertz CT molecular complexity index is 1010. The molecule has 174 valence electrons. The molecular formula is C26H31N3O3S. The highest BCUT2D eigenvalue weighted by molar-refractivity contribution is 8.18. The van der Waals surface area contributed by atoms with E-state index >= 15 is 0 Å². The second-order valence-corrected chi connectivity index (χ2v) is 9.41. The van der Waals surface area contributed by atoms with Crippen LogP contribution in [0.25, 0.3) is 6.08 Å². The van der Waals surface area contributed by atoms with E-state index in [0.29, 0.717) is 18.2 Å². The molecule has 2 aliphatic heterocycles. The van der Waals surface area contributed by atoms with E-state index in [1.165, 1.54) is 16.2 Å². The van der Waals surface area contributed by atoms with Crippen molar-refractivity contribution in [2.45, 2.75) is 26.7 Å². The van der Waals surface area contributed by atoms with Crippen molar-refractivity contribution in [2.24, 2.45) is 0 Å². The number of aryl methyl sites for hydroxylation is 1. The maximum absolute atomic E-state index is 12.9. The van der Waals surface area contributed by atoms with E-state index in [4.69, 9.17) is 4.74 Å². The van der Waals surface area contributed by atoms with Crippen molar-refractivity contribution in [3.8, 4) is 5.75 Å². The molecule has 2 saturated heterocycles. The van der Waals surface area contributed by atoms with Crippen molar-refractivity contribution in [3.05, 3.63) is 64.6 Å². The number of carbonyl (C=O) groups excluding carboxylic acids is 2. The summed E-state index contributed by atoms with van der Waals surface area (Å²) in [6, 6.07) is 16.0. The van der Waals surface area contributed by atoms with Crippen LogP contribution < -0.4 is 9.64 Å². The van der Waals surface area contributed by atoms with Gasteiger partial charge in [-0.1, -0.05) is 43.7 Å². The van der Waals surface area contributed by atoms with Crippen LogP contribution in [-0.4, -0.2) is 60.4 Å². The average Bonchev–Trinajstić information content (AvgIpc) is 3.08. The third kappa shape index (κ3) is 5.78. The molecule has 0 unspecified atom stereocenters. The predicted molar refractivity (Wildman–Crippen MR) is 134 cm³/mol. The Morgan fingerprint density at radius 3 is 2.42 bits per heavy atom. The normalized spacial score (nSPS) is 18.4. The average molecular weight is 466 g/mol. The standard InChI is InChI=1S/C26H31N3O3S/c1-3-4-17-32-22-11-9-21(10-12-22)18-24-25(30)29(26(31)33-24)19-27-13-15-28(16-14-27)23-8-6-5-7-20(23)2/h5-12,18H,3-4,13-17,19H2,1-2H3/b24-18+. The number of nitrogens with zero attached hydrogens (tertiary/aromatic N) is 3. The summed E-state index contributed by atoms with van der Waals surface area (Å²) < 4.78 is 5.69. The van der Waals surface area contributed by atoms with Crippen LogP contribution in [0.2, 0.25) is 0 Å². The lowest BCUT2D eigenvalue weighted by Crippen LogP contribution is -2.51. The fourth-order valence-corrected chi connectivity index (χ4v) is 4.85. The zero-order valence-electron chi connectivity index (χ0n) is 19.3. The van der Waals surface area contributed by atoms with Crippen LogP contribution in [0.15, 0.2) is 53.4 Å². The van der Waals surface area contributed by atoms with Gasteiger partial charge in [0.05, 0.1) is 18.2 Å². The molecule has 0 bridgehead atoms. The first kappa shape index (κ1) is 23.4. The van der Waals surface area contributed by atoms with Crippen LogP contribution in [0.4, 0.5) is 10.5 Å². The molecule has 0 radical (unpaired) electrons. The minimum atomic E-state index is -0.213. The van der Waals surface area contributed by atoms with Gasteiger partial charge in [0, 0.05) is 31.9 Å². The Balaban J connectivity index is 1.33. The summed E-state index contributed by atoms with van der Waals surface area (Å²) in [4.78, 5) is 31.9. The second kappa shape index (κ2) is 10.9. The van der Waals surface area contributed by atoms with E-state index in [-0.39, 0.29) is 11.1 Å². The van der Waals surface area contributed by atoms with Crippen molar-refractivity contribution in [3.63, 3.8) is 0 Å². The molecule has 2 aliphatic rings. The number of ether oxygens (including phenoxy) is 1. The number of hydrogen-bond donors (Lipinski definition) is 0. The van der Waals surface area contributed by atoms with E-state index in [9.17, 15) is 9.59 Å². The minimum absolute atomic E-state index is 0.202. The number of para-hydroxylation sites is 1. The Labute approximate surface area is 200 Å². The van der Waals surface area contributed by atoms with Crippen LogP contribution in [-0.2, 0) is 4.79 Å². The summed E-state index contributed by atoms with van der Waals surface area (Å²) in [6.45, 7) is 8.69. The lowest BCUT2D eigenvalue weighted by molar-refractivity contribution is -0.124. The van der Waals surface area contributed by atoms with Crippen molar-refractivity contribution in [1.29, 1.82) is 0 Å². The molecule has 2 aromatic carbocycles. The fraction of sp³-hybridized carbons (Fsp3) is 0.385. The van der Waals surface area contributed by atoms with Gasteiger partial charge in [0.1, 0.15) is 5.75 Å². The molecule has 2 aromatic rings. The third-order valence-electron chi connectivity index (χ3n) is 5.99. The van der Waals surface area contributed by atoms with Gasteiger partial charge in [0.2, 0.25) is 0 Å². The molecule has 0 aromatic heterocycles. The van der Waals surface area contributed by atoms with Gasteiger partial charge in [0.25, 0.3) is 11.1 Å². The highest BCUT2D eigenvalue weighted by Gasteiger charge is 2.36. The van der Waals surface area contributed by atoms with Crippen LogP contribution in [0, 0.1) is 6.92 Å². The SMILES string of the molecule is CCCCOc1ccc(/C=C2/SC(=O)N(CN3CCN(c4ccccc4C)CC3)C2=O)cc1. The van der Waals surface area contributed by atoms with E-state index in [1.807, 2.05) is 24.3 Å². The van der Waals surface area contributed by atoms with Gasteiger partial charge in [-0.05, 0) is 60.5 Å². The third-order valence-corrected chi connectivity index (χ3v) is 6.90. The summed E-state index contributed by atoms with van der Waals surface area (Å²) in [5, 5.41) is -0.202. The van der Waals surface area contributed by atoms with Gasteiger partial charge in [0.15, 0.2) is 0 Å². The summed E-state index contributed by atoms with van der Waals surface area (Å²) in [5.41, 5.74) is 3.41. The molecule has 2 amide bonds. The molecular weight excluding hydrogens is 434 g/mol.